The maximum absolute atomic E-state index is 13.6. The summed E-state index contributed by atoms with van der Waals surface area (Å²) in [5, 5.41) is 32.4. The van der Waals surface area contributed by atoms with Crippen LogP contribution in [0.3, 0.4) is 0 Å². The number of aliphatic hydroxyl groups is 1. The van der Waals surface area contributed by atoms with Crippen LogP contribution in [-0.4, -0.2) is 89.5 Å². The SMILES string of the molecule is CC(C)C[C@H](NC(=O)[C@@H](NC(=O)[C@H](CCON=C(N)N)NC(=O)OCc1ccccc1)C(C)C)[C@@H](O)CC(=O)NCCc1ccccc1.O=C(O)C(F)(F)F. The summed E-state index contributed by atoms with van der Waals surface area (Å²) < 4.78 is 37.0. The van der Waals surface area contributed by atoms with Crippen molar-refractivity contribution in [2.75, 3.05) is 13.2 Å². The number of carboxylic acid groups (broad SMARTS) is 1. The van der Waals surface area contributed by atoms with Crippen molar-refractivity contribution in [3.05, 3.63) is 71.8 Å². The summed E-state index contributed by atoms with van der Waals surface area (Å²) in [6, 6.07) is 15.7. The maximum Gasteiger partial charge on any atom is 0.490 e. The van der Waals surface area contributed by atoms with E-state index in [4.69, 9.17) is 30.9 Å². The van der Waals surface area contributed by atoms with Crippen LogP contribution in [-0.2, 0) is 41.8 Å². The van der Waals surface area contributed by atoms with Crippen LogP contribution in [0.4, 0.5) is 18.0 Å². The number of nitrogens with one attached hydrogen (secondary N) is 4. The van der Waals surface area contributed by atoms with Gasteiger partial charge in [0, 0.05) is 13.0 Å². The van der Waals surface area contributed by atoms with Crippen molar-refractivity contribution in [1.82, 2.24) is 21.3 Å². The molecule has 2 rings (SSSR count). The molecule has 0 spiro atoms. The molecule has 0 bridgehead atoms. The Balaban J connectivity index is 0.00000196. The molecule has 0 saturated heterocycles. The van der Waals surface area contributed by atoms with Crippen LogP contribution >= 0.6 is 0 Å². The van der Waals surface area contributed by atoms with Gasteiger partial charge in [0.2, 0.25) is 23.7 Å². The van der Waals surface area contributed by atoms with Gasteiger partial charge in [-0.25, -0.2) is 9.59 Å². The van der Waals surface area contributed by atoms with Crippen LogP contribution in [0.25, 0.3) is 0 Å². The molecule has 0 heterocycles. The molecule has 0 aromatic heterocycles. The van der Waals surface area contributed by atoms with Crippen molar-refractivity contribution >= 4 is 35.7 Å². The largest absolute Gasteiger partial charge is 0.490 e. The summed E-state index contributed by atoms with van der Waals surface area (Å²) in [4.78, 5) is 66.1. The number of nitrogens with zero attached hydrogens (tertiary/aromatic N) is 1. The Hall–Kier alpha value is -5.59. The average Bonchev–Trinajstić information content (AvgIpc) is 3.10. The first kappa shape index (κ1) is 47.4. The standard InChI is InChI=1S/C34H51N7O7.C2HF3O2/c1-22(2)19-27(28(42)20-29(43)37-17-15-24-11-7-5-8-12-24)38-32(45)30(23(3)4)40-31(44)26(16-18-48-41-33(35)36)39-34(46)47-21-25-13-9-6-10-14-25;3-2(4,5)1(6)7/h5-14,22-23,26-28,30,42H,15-21H2,1-4H3,(H,37,43)(H,38,45)(H,39,46)(H,40,44)(H4,35,36,41);(H,6,7)/t26-,27-,28-,30-;/m0./s1. The molecule has 4 amide bonds. The van der Waals surface area contributed by atoms with Gasteiger partial charge < -0.3 is 52.5 Å². The monoisotopic (exact) mass is 783 g/mol. The van der Waals surface area contributed by atoms with Crippen LogP contribution in [0, 0.1) is 11.8 Å². The van der Waals surface area contributed by atoms with Crippen LogP contribution in [0.15, 0.2) is 65.8 Å². The number of oxime groups is 1. The highest BCUT2D eigenvalue weighted by Crippen LogP contribution is 2.14. The number of carbonyl (C=O) groups excluding carboxylic acids is 4. The molecule has 2 aromatic carbocycles. The Kier molecular flexibility index (Phi) is 21.3. The Bertz CT molecular complexity index is 1510. The van der Waals surface area contributed by atoms with E-state index in [0.29, 0.717) is 19.4 Å². The molecule has 55 heavy (non-hydrogen) atoms. The zero-order valence-corrected chi connectivity index (χ0v) is 31.2. The lowest BCUT2D eigenvalue weighted by molar-refractivity contribution is -0.192. The number of ether oxygens (including phenoxy) is 1. The van der Waals surface area contributed by atoms with Crippen molar-refractivity contribution in [2.45, 2.75) is 90.4 Å². The predicted molar refractivity (Wildman–Crippen MR) is 196 cm³/mol. The second-order valence-corrected chi connectivity index (χ2v) is 13.0. The number of carbonyl (C=O) groups is 5. The number of hydrogen-bond donors (Lipinski definition) is 8. The van der Waals surface area contributed by atoms with Crippen molar-refractivity contribution in [3.63, 3.8) is 0 Å². The lowest BCUT2D eigenvalue weighted by atomic mass is 9.95. The minimum absolute atomic E-state index is 0.0207. The predicted octanol–water partition coefficient (Wildman–Crippen LogP) is 2.29. The number of benzene rings is 2. The van der Waals surface area contributed by atoms with E-state index in [1.54, 1.807) is 38.1 Å². The third-order valence-electron chi connectivity index (χ3n) is 7.47. The van der Waals surface area contributed by atoms with Gasteiger partial charge in [-0.05, 0) is 41.0 Å². The van der Waals surface area contributed by atoms with Gasteiger partial charge in [-0.1, -0.05) is 88.4 Å². The zero-order chi connectivity index (χ0) is 41.6. The summed E-state index contributed by atoms with van der Waals surface area (Å²) in [6.45, 7) is 7.62. The van der Waals surface area contributed by atoms with E-state index in [1.165, 1.54) is 0 Å². The molecule has 16 nitrogen and oxygen atoms in total. The second kappa shape index (κ2) is 24.7. The van der Waals surface area contributed by atoms with Gasteiger partial charge in [0.25, 0.3) is 0 Å². The van der Waals surface area contributed by atoms with Crippen molar-refractivity contribution in [2.24, 2.45) is 28.5 Å². The fourth-order valence-electron chi connectivity index (χ4n) is 4.74. The van der Waals surface area contributed by atoms with Gasteiger partial charge in [0.1, 0.15) is 25.3 Å². The number of alkyl halides is 3. The number of rotatable bonds is 20. The van der Waals surface area contributed by atoms with E-state index in [0.717, 1.165) is 11.1 Å². The minimum atomic E-state index is -5.08. The molecule has 0 saturated carbocycles. The molecule has 4 atom stereocenters. The summed E-state index contributed by atoms with van der Waals surface area (Å²) in [6.07, 6.45) is -6.33. The highest BCUT2D eigenvalue weighted by molar-refractivity contribution is 5.91. The molecular formula is C36H52F3N7O9. The molecule has 306 valence electrons. The molecule has 0 aliphatic carbocycles. The highest BCUT2D eigenvalue weighted by atomic mass is 19.4. The third-order valence-corrected chi connectivity index (χ3v) is 7.47. The highest BCUT2D eigenvalue weighted by Gasteiger charge is 2.38. The van der Waals surface area contributed by atoms with Gasteiger partial charge in [0.15, 0.2) is 0 Å². The van der Waals surface area contributed by atoms with Gasteiger partial charge in [-0.3, -0.25) is 14.4 Å². The number of carboxylic acids is 1. The summed E-state index contributed by atoms with van der Waals surface area (Å²) in [5.74, 6) is -4.93. The Morgan fingerprint density at radius 2 is 1.42 bits per heavy atom. The molecular weight excluding hydrogens is 731 g/mol. The average molecular weight is 784 g/mol. The number of aliphatic hydroxyl groups excluding tert-OH is 1. The fraction of sp³-hybridized carbons (Fsp3) is 0.500. The van der Waals surface area contributed by atoms with E-state index in [-0.39, 0.29) is 49.8 Å². The van der Waals surface area contributed by atoms with Crippen LogP contribution < -0.4 is 32.7 Å². The van der Waals surface area contributed by atoms with Crippen molar-refractivity contribution < 1.29 is 56.9 Å². The number of aliphatic carboxylic acids is 1. The number of guanidine groups is 1. The van der Waals surface area contributed by atoms with Gasteiger partial charge in [-0.2, -0.15) is 13.2 Å². The van der Waals surface area contributed by atoms with E-state index in [2.05, 4.69) is 26.4 Å². The molecule has 0 unspecified atom stereocenters. The Labute approximate surface area is 317 Å². The number of nitrogens with two attached hydrogens (primary N) is 2. The van der Waals surface area contributed by atoms with Crippen molar-refractivity contribution in [3.8, 4) is 0 Å². The number of hydrogen-bond acceptors (Lipinski definition) is 9. The molecule has 0 fully saturated rings. The third kappa shape index (κ3) is 21.0. The first-order valence-corrected chi connectivity index (χ1v) is 17.4. The van der Waals surface area contributed by atoms with Gasteiger partial charge in [0.05, 0.1) is 18.6 Å². The van der Waals surface area contributed by atoms with Gasteiger partial charge in [-0.15, -0.1) is 0 Å². The Morgan fingerprint density at radius 3 is 1.93 bits per heavy atom. The summed E-state index contributed by atoms with van der Waals surface area (Å²) in [7, 11) is 0. The number of amides is 4. The van der Waals surface area contributed by atoms with Crippen molar-refractivity contribution in [1.29, 1.82) is 0 Å². The molecule has 0 aliphatic heterocycles. The van der Waals surface area contributed by atoms with Gasteiger partial charge >= 0.3 is 18.2 Å². The molecule has 0 radical (unpaired) electrons. The molecule has 19 heteroatoms. The summed E-state index contributed by atoms with van der Waals surface area (Å²) in [5.41, 5.74) is 12.4. The lowest BCUT2D eigenvalue weighted by Gasteiger charge is -2.30. The number of halogens is 3. The normalized spacial score (nSPS) is 13.1. The van der Waals surface area contributed by atoms with Crippen LogP contribution in [0.5, 0.6) is 0 Å². The minimum Gasteiger partial charge on any atom is -0.475 e. The maximum atomic E-state index is 13.6. The molecule has 2 aromatic rings. The quantitative estimate of drug-likeness (QED) is 0.0418. The fourth-order valence-corrected chi connectivity index (χ4v) is 4.74. The topological polar surface area (TPSA) is 257 Å². The van der Waals surface area contributed by atoms with Crippen LogP contribution in [0.2, 0.25) is 0 Å². The summed E-state index contributed by atoms with van der Waals surface area (Å²) >= 11 is 0. The van der Waals surface area contributed by atoms with Crippen LogP contribution in [0.1, 0.15) is 58.1 Å². The number of alkyl carbamates (subject to hydrolysis) is 1. The van der Waals surface area contributed by atoms with E-state index < -0.39 is 54.3 Å². The van der Waals surface area contributed by atoms with E-state index in [9.17, 15) is 37.5 Å². The zero-order valence-electron chi connectivity index (χ0n) is 31.2. The molecule has 0 aliphatic rings. The smallest absolute Gasteiger partial charge is 0.475 e. The second-order valence-electron chi connectivity index (χ2n) is 13.0. The first-order valence-electron chi connectivity index (χ1n) is 17.4. The molecule has 10 N–H and O–H groups in total. The Morgan fingerprint density at radius 1 is 0.855 bits per heavy atom. The lowest BCUT2D eigenvalue weighted by Crippen LogP contribution is -2.58. The first-order chi connectivity index (χ1) is 25.8. The van der Waals surface area contributed by atoms with E-state index >= 15 is 0 Å². The van der Waals surface area contributed by atoms with E-state index in [1.807, 2.05) is 50.2 Å².